The highest BCUT2D eigenvalue weighted by atomic mass is 16.5. The summed E-state index contributed by atoms with van der Waals surface area (Å²) in [6.45, 7) is 4.16. The Morgan fingerprint density at radius 1 is 1.15 bits per heavy atom. The Balaban J connectivity index is 1.34. The number of hydrogen-bond acceptors (Lipinski definition) is 4. The zero-order valence-electron chi connectivity index (χ0n) is 12.4. The zero-order valence-corrected chi connectivity index (χ0v) is 12.4. The maximum atomic E-state index is 5.85. The molecule has 3 rings (SSSR count). The number of rotatable bonds is 6. The normalized spacial score (nSPS) is 26.2. The largest absolute Gasteiger partial charge is 0.377 e. The van der Waals surface area contributed by atoms with Crippen molar-refractivity contribution in [3.05, 3.63) is 11.4 Å². The summed E-state index contributed by atoms with van der Waals surface area (Å²) >= 11 is 0. The molecule has 3 heterocycles. The molecule has 0 aromatic rings. The third-order valence-corrected chi connectivity index (χ3v) is 4.50. The predicted molar refractivity (Wildman–Crippen MR) is 82.0 cm³/mol. The molecule has 2 N–H and O–H groups in total. The first-order chi connectivity index (χ1) is 9.92. The van der Waals surface area contributed by atoms with Crippen LogP contribution in [0.1, 0.15) is 51.4 Å². The molecule has 1 saturated heterocycles. The fourth-order valence-corrected chi connectivity index (χ4v) is 3.26. The van der Waals surface area contributed by atoms with Crippen LogP contribution in [-0.2, 0) is 4.74 Å². The van der Waals surface area contributed by atoms with Crippen molar-refractivity contribution in [3.8, 4) is 0 Å². The topological polar surface area (TPSA) is 45.7 Å². The van der Waals surface area contributed by atoms with Crippen LogP contribution in [0.3, 0.4) is 0 Å². The lowest BCUT2D eigenvalue weighted by molar-refractivity contribution is 0.0647. The highest BCUT2D eigenvalue weighted by Crippen LogP contribution is 2.26. The van der Waals surface area contributed by atoms with E-state index in [1.54, 1.807) is 5.57 Å². The molecule has 20 heavy (non-hydrogen) atoms. The second kappa shape index (κ2) is 7.23. The van der Waals surface area contributed by atoms with Gasteiger partial charge in [-0.1, -0.05) is 0 Å². The van der Waals surface area contributed by atoms with Crippen molar-refractivity contribution < 1.29 is 4.74 Å². The van der Waals surface area contributed by atoms with Crippen molar-refractivity contribution in [2.75, 3.05) is 26.2 Å². The second-order valence-corrected chi connectivity index (χ2v) is 6.10. The molecule has 0 unspecified atom stereocenters. The first-order valence-electron chi connectivity index (χ1n) is 8.26. The minimum atomic E-state index is 0.459. The fraction of sp³-hybridized carbons (Fsp3) is 0.812. The molecule has 0 aromatic carbocycles. The third kappa shape index (κ3) is 3.83. The summed E-state index contributed by atoms with van der Waals surface area (Å²) in [5.74, 6) is 1.20. The van der Waals surface area contributed by atoms with Crippen molar-refractivity contribution in [2.24, 2.45) is 4.99 Å². The SMILES string of the molecule is C(CCC1=NC2=C(CCCN2)CC1)CO[C@@H]1CCNC1. The standard InChI is InChI=1S/C16H27N3O/c1(2-11-20-15-8-10-17-12-15)5-14-7-6-13-4-3-9-18-16(13)19-14/h15,17-18H,1-12H2/t15-/m1/s1. The Morgan fingerprint density at radius 3 is 3.05 bits per heavy atom. The van der Waals surface area contributed by atoms with E-state index in [4.69, 9.17) is 9.73 Å². The maximum absolute atomic E-state index is 5.85. The van der Waals surface area contributed by atoms with Gasteiger partial charge in [0.2, 0.25) is 0 Å². The van der Waals surface area contributed by atoms with Gasteiger partial charge in [-0.05, 0) is 63.5 Å². The quantitative estimate of drug-likeness (QED) is 0.733. The molecule has 0 amide bonds. The lowest BCUT2D eigenvalue weighted by atomic mass is 9.96. The van der Waals surface area contributed by atoms with Gasteiger partial charge < -0.3 is 15.4 Å². The van der Waals surface area contributed by atoms with Crippen molar-refractivity contribution in [3.63, 3.8) is 0 Å². The molecule has 3 aliphatic rings. The molecule has 112 valence electrons. The molecule has 0 aliphatic carbocycles. The summed E-state index contributed by atoms with van der Waals surface area (Å²) < 4.78 is 5.85. The maximum Gasteiger partial charge on any atom is 0.125 e. The molecule has 0 radical (unpaired) electrons. The summed E-state index contributed by atoms with van der Waals surface area (Å²) in [4.78, 5) is 4.81. The van der Waals surface area contributed by atoms with Crippen LogP contribution in [-0.4, -0.2) is 38.1 Å². The minimum Gasteiger partial charge on any atom is -0.377 e. The molecule has 4 nitrogen and oxygen atoms in total. The summed E-state index contributed by atoms with van der Waals surface area (Å²) in [5.41, 5.74) is 2.94. The first kappa shape index (κ1) is 14.1. The third-order valence-electron chi connectivity index (χ3n) is 4.50. The van der Waals surface area contributed by atoms with Crippen LogP contribution in [0.5, 0.6) is 0 Å². The zero-order chi connectivity index (χ0) is 13.6. The summed E-state index contributed by atoms with van der Waals surface area (Å²) in [5, 5.41) is 6.79. The van der Waals surface area contributed by atoms with Crippen LogP contribution in [0.4, 0.5) is 0 Å². The average Bonchev–Trinajstić information content (AvgIpc) is 3.00. The first-order valence-corrected chi connectivity index (χ1v) is 8.26. The van der Waals surface area contributed by atoms with E-state index in [0.29, 0.717) is 6.10 Å². The van der Waals surface area contributed by atoms with E-state index in [1.165, 1.54) is 50.1 Å². The van der Waals surface area contributed by atoms with Gasteiger partial charge >= 0.3 is 0 Å². The molecular formula is C16H27N3O. The number of hydrogen-bond donors (Lipinski definition) is 2. The number of aliphatic imine (C=N–C) groups is 1. The molecule has 1 atom stereocenters. The molecule has 4 heteroatoms. The van der Waals surface area contributed by atoms with Gasteiger partial charge in [-0.3, -0.25) is 0 Å². The summed E-state index contributed by atoms with van der Waals surface area (Å²) in [6, 6.07) is 0. The number of nitrogens with zero attached hydrogens (tertiary/aromatic N) is 1. The van der Waals surface area contributed by atoms with Crippen LogP contribution in [0.25, 0.3) is 0 Å². The van der Waals surface area contributed by atoms with Gasteiger partial charge in [0.1, 0.15) is 5.82 Å². The van der Waals surface area contributed by atoms with E-state index in [-0.39, 0.29) is 0 Å². The second-order valence-electron chi connectivity index (χ2n) is 6.10. The van der Waals surface area contributed by atoms with Crippen LogP contribution >= 0.6 is 0 Å². The van der Waals surface area contributed by atoms with E-state index < -0.39 is 0 Å². The van der Waals surface area contributed by atoms with Gasteiger partial charge in [0.25, 0.3) is 0 Å². The number of allylic oxidation sites excluding steroid dienone is 1. The highest BCUT2D eigenvalue weighted by molar-refractivity contribution is 5.86. The smallest absolute Gasteiger partial charge is 0.125 e. The molecule has 0 saturated carbocycles. The molecule has 0 spiro atoms. The number of ether oxygens (including phenoxy) is 1. The molecular weight excluding hydrogens is 250 g/mol. The van der Waals surface area contributed by atoms with Gasteiger partial charge in [-0.15, -0.1) is 0 Å². The van der Waals surface area contributed by atoms with E-state index in [0.717, 1.165) is 39.1 Å². The molecule has 0 bridgehead atoms. The van der Waals surface area contributed by atoms with E-state index in [9.17, 15) is 0 Å². The Morgan fingerprint density at radius 2 is 2.15 bits per heavy atom. The predicted octanol–water partition coefficient (Wildman–Crippen LogP) is 2.37. The lowest BCUT2D eigenvalue weighted by Gasteiger charge is -2.24. The molecule has 0 aromatic heterocycles. The van der Waals surface area contributed by atoms with Crippen molar-refractivity contribution in [1.82, 2.24) is 10.6 Å². The van der Waals surface area contributed by atoms with Gasteiger partial charge in [0, 0.05) is 25.4 Å². The van der Waals surface area contributed by atoms with Gasteiger partial charge in [-0.25, -0.2) is 4.99 Å². The van der Waals surface area contributed by atoms with Gasteiger partial charge in [0.15, 0.2) is 0 Å². The number of unbranched alkanes of at least 4 members (excludes halogenated alkanes) is 1. The van der Waals surface area contributed by atoms with Crippen LogP contribution in [0.2, 0.25) is 0 Å². The fourth-order valence-electron chi connectivity index (χ4n) is 3.26. The molecule has 1 fully saturated rings. The lowest BCUT2D eigenvalue weighted by Crippen LogP contribution is -2.24. The summed E-state index contributed by atoms with van der Waals surface area (Å²) in [7, 11) is 0. The molecule has 3 aliphatic heterocycles. The highest BCUT2D eigenvalue weighted by Gasteiger charge is 2.17. The van der Waals surface area contributed by atoms with Crippen molar-refractivity contribution >= 4 is 5.71 Å². The van der Waals surface area contributed by atoms with Crippen LogP contribution < -0.4 is 10.6 Å². The van der Waals surface area contributed by atoms with Crippen LogP contribution in [0, 0.1) is 0 Å². The van der Waals surface area contributed by atoms with E-state index in [2.05, 4.69) is 10.6 Å². The van der Waals surface area contributed by atoms with E-state index >= 15 is 0 Å². The Bertz CT molecular complexity index is 383. The number of nitrogens with one attached hydrogen (secondary N) is 2. The minimum absolute atomic E-state index is 0.459. The average molecular weight is 277 g/mol. The van der Waals surface area contributed by atoms with Gasteiger partial charge in [-0.2, -0.15) is 0 Å². The van der Waals surface area contributed by atoms with Gasteiger partial charge in [0.05, 0.1) is 6.10 Å². The Labute approximate surface area is 122 Å². The Kier molecular flexibility index (Phi) is 5.09. The van der Waals surface area contributed by atoms with Crippen molar-refractivity contribution in [2.45, 2.75) is 57.5 Å². The van der Waals surface area contributed by atoms with Crippen LogP contribution in [0.15, 0.2) is 16.4 Å². The summed E-state index contributed by atoms with van der Waals surface area (Å²) in [6.07, 6.45) is 10.1. The van der Waals surface area contributed by atoms with Crippen molar-refractivity contribution in [1.29, 1.82) is 0 Å². The monoisotopic (exact) mass is 277 g/mol. The van der Waals surface area contributed by atoms with E-state index in [1.807, 2.05) is 0 Å². The Hall–Kier alpha value is -0.870.